The molecule has 1 aliphatic rings. The summed E-state index contributed by atoms with van der Waals surface area (Å²) < 4.78 is 17.7. The van der Waals surface area contributed by atoms with Gasteiger partial charge in [-0.1, -0.05) is 22.9 Å². The molecule has 2 atom stereocenters. The Balaban J connectivity index is 2.33. The minimum Gasteiger partial charge on any atom is -0.493 e. The van der Waals surface area contributed by atoms with Crippen LogP contribution in [0, 0.1) is 0 Å². The van der Waals surface area contributed by atoms with Crippen LogP contribution in [0.25, 0.3) is 0 Å². The first-order valence-electron chi connectivity index (χ1n) is 7.47. The van der Waals surface area contributed by atoms with Crippen molar-refractivity contribution in [3.63, 3.8) is 0 Å². The largest absolute Gasteiger partial charge is 0.493 e. The first-order valence-corrected chi connectivity index (χ1v) is 8.27. The summed E-state index contributed by atoms with van der Waals surface area (Å²) in [5.41, 5.74) is 1.16. The fraction of sp³-hybridized carbons (Fsp3) is 0.625. The Labute approximate surface area is 135 Å². The monoisotopic (exact) mass is 357 g/mol. The number of methoxy groups -OCH3 is 2. The SMILES string of the molecule is CCCNC(c1cc(OC)c(OC)cc1Br)C1CCCO1. The maximum Gasteiger partial charge on any atom is 0.161 e. The molecule has 1 aromatic rings. The summed E-state index contributed by atoms with van der Waals surface area (Å²) >= 11 is 3.66. The molecular weight excluding hydrogens is 334 g/mol. The molecule has 0 saturated carbocycles. The number of nitrogens with one attached hydrogen (secondary N) is 1. The van der Waals surface area contributed by atoms with E-state index < -0.39 is 0 Å². The van der Waals surface area contributed by atoms with Gasteiger partial charge in [0.15, 0.2) is 11.5 Å². The van der Waals surface area contributed by atoms with Gasteiger partial charge in [-0.15, -0.1) is 0 Å². The van der Waals surface area contributed by atoms with Crippen molar-refractivity contribution >= 4 is 15.9 Å². The molecule has 0 aliphatic carbocycles. The van der Waals surface area contributed by atoms with Crippen molar-refractivity contribution in [3.05, 3.63) is 22.2 Å². The van der Waals surface area contributed by atoms with Gasteiger partial charge in [-0.25, -0.2) is 0 Å². The van der Waals surface area contributed by atoms with E-state index in [4.69, 9.17) is 14.2 Å². The zero-order valence-corrected chi connectivity index (χ0v) is 14.5. The van der Waals surface area contributed by atoms with Gasteiger partial charge in [0.2, 0.25) is 0 Å². The minimum atomic E-state index is 0.168. The number of hydrogen-bond donors (Lipinski definition) is 1. The minimum absolute atomic E-state index is 0.168. The van der Waals surface area contributed by atoms with Crippen LogP contribution in [-0.4, -0.2) is 33.5 Å². The van der Waals surface area contributed by atoms with Crippen molar-refractivity contribution in [2.45, 2.75) is 38.3 Å². The Hall–Kier alpha value is -0.780. The van der Waals surface area contributed by atoms with Crippen molar-refractivity contribution in [1.82, 2.24) is 5.32 Å². The third kappa shape index (κ3) is 3.90. The van der Waals surface area contributed by atoms with E-state index in [0.717, 1.165) is 53.9 Å². The highest BCUT2D eigenvalue weighted by Crippen LogP contribution is 2.38. The molecule has 1 heterocycles. The fourth-order valence-corrected chi connectivity index (χ4v) is 3.28. The fourth-order valence-electron chi connectivity index (χ4n) is 2.72. The van der Waals surface area contributed by atoms with E-state index in [1.165, 1.54) is 0 Å². The third-order valence-electron chi connectivity index (χ3n) is 3.79. The standard InChI is InChI=1S/C16H24BrNO3/c1-4-7-18-16(13-6-5-8-21-13)11-9-14(19-2)15(20-3)10-12(11)17/h9-10,13,16,18H,4-8H2,1-3H3. The van der Waals surface area contributed by atoms with Gasteiger partial charge in [-0.3, -0.25) is 0 Å². The van der Waals surface area contributed by atoms with Gasteiger partial charge in [-0.05, 0) is 43.5 Å². The Morgan fingerprint density at radius 1 is 1.33 bits per heavy atom. The zero-order valence-electron chi connectivity index (χ0n) is 12.9. The summed E-state index contributed by atoms with van der Waals surface area (Å²) in [7, 11) is 3.31. The van der Waals surface area contributed by atoms with E-state index in [1.54, 1.807) is 14.2 Å². The Morgan fingerprint density at radius 3 is 2.62 bits per heavy atom. The van der Waals surface area contributed by atoms with Gasteiger partial charge in [-0.2, -0.15) is 0 Å². The molecule has 4 nitrogen and oxygen atoms in total. The number of benzene rings is 1. The molecule has 5 heteroatoms. The van der Waals surface area contributed by atoms with Crippen LogP contribution in [-0.2, 0) is 4.74 Å². The molecule has 0 amide bonds. The quantitative estimate of drug-likeness (QED) is 0.807. The van der Waals surface area contributed by atoms with E-state index in [1.807, 2.05) is 12.1 Å². The van der Waals surface area contributed by atoms with E-state index >= 15 is 0 Å². The molecule has 1 aliphatic heterocycles. The molecule has 2 unspecified atom stereocenters. The smallest absolute Gasteiger partial charge is 0.161 e. The highest BCUT2D eigenvalue weighted by molar-refractivity contribution is 9.10. The van der Waals surface area contributed by atoms with Gasteiger partial charge >= 0.3 is 0 Å². The second-order valence-electron chi connectivity index (χ2n) is 5.21. The molecule has 21 heavy (non-hydrogen) atoms. The second kappa shape index (κ2) is 8.01. The lowest BCUT2D eigenvalue weighted by atomic mass is 9.98. The number of ether oxygens (including phenoxy) is 3. The highest BCUT2D eigenvalue weighted by Gasteiger charge is 2.29. The summed E-state index contributed by atoms with van der Waals surface area (Å²) in [6.45, 7) is 3.98. The van der Waals surface area contributed by atoms with Crippen LogP contribution in [0.3, 0.4) is 0 Å². The Morgan fingerprint density at radius 2 is 2.05 bits per heavy atom. The summed E-state index contributed by atoms with van der Waals surface area (Å²) in [6.07, 6.45) is 3.52. The molecular formula is C16H24BrNO3. The first kappa shape index (κ1) is 16.6. The number of halogens is 1. The normalized spacial score (nSPS) is 19.5. The summed E-state index contributed by atoms with van der Waals surface area (Å²) in [6, 6.07) is 4.17. The topological polar surface area (TPSA) is 39.7 Å². The van der Waals surface area contributed by atoms with E-state index in [9.17, 15) is 0 Å². The van der Waals surface area contributed by atoms with Gasteiger partial charge in [0, 0.05) is 11.1 Å². The van der Waals surface area contributed by atoms with Crippen molar-refractivity contribution in [3.8, 4) is 11.5 Å². The van der Waals surface area contributed by atoms with E-state index in [-0.39, 0.29) is 12.1 Å². The van der Waals surface area contributed by atoms with Crippen LogP contribution >= 0.6 is 15.9 Å². The predicted octanol–water partition coefficient (Wildman–Crippen LogP) is 3.69. The second-order valence-corrected chi connectivity index (χ2v) is 6.07. The first-order chi connectivity index (χ1) is 10.2. The molecule has 0 radical (unpaired) electrons. The molecule has 0 bridgehead atoms. The lowest BCUT2D eigenvalue weighted by Gasteiger charge is -2.26. The maximum atomic E-state index is 5.90. The number of rotatable bonds is 7. The van der Waals surface area contributed by atoms with Crippen LogP contribution in [0.2, 0.25) is 0 Å². The molecule has 1 saturated heterocycles. The summed E-state index contributed by atoms with van der Waals surface area (Å²) in [5.74, 6) is 1.48. The van der Waals surface area contributed by atoms with E-state index in [0.29, 0.717) is 0 Å². The van der Waals surface area contributed by atoms with Crippen molar-refractivity contribution in [1.29, 1.82) is 0 Å². The van der Waals surface area contributed by atoms with Crippen LogP contribution < -0.4 is 14.8 Å². The van der Waals surface area contributed by atoms with Gasteiger partial charge in [0.05, 0.1) is 26.4 Å². The molecule has 2 rings (SSSR count). The lowest BCUT2D eigenvalue weighted by Crippen LogP contribution is -2.32. The van der Waals surface area contributed by atoms with Gasteiger partial charge in [0.25, 0.3) is 0 Å². The molecule has 0 spiro atoms. The average Bonchev–Trinajstić information content (AvgIpc) is 3.02. The van der Waals surface area contributed by atoms with Crippen molar-refractivity contribution < 1.29 is 14.2 Å². The molecule has 1 aromatic carbocycles. The Bertz CT molecular complexity index is 461. The molecule has 1 fully saturated rings. The average molecular weight is 358 g/mol. The lowest BCUT2D eigenvalue weighted by molar-refractivity contribution is 0.0780. The van der Waals surface area contributed by atoms with Gasteiger partial charge in [0.1, 0.15) is 0 Å². The summed E-state index contributed by atoms with van der Waals surface area (Å²) in [4.78, 5) is 0. The van der Waals surface area contributed by atoms with Crippen molar-refractivity contribution in [2.75, 3.05) is 27.4 Å². The predicted molar refractivity (Wildman–Crippen MR) is 87.3 cm³/mol. The van der Waals surface area contributed by atoms with Crippen molar-refractivity contribution in [2.24, 2.45) is 0 Å². The number of hydrogen-bond acceptors (Lipinski definition) is 4. The molecule has 1 N–H and O–H groups in total. The highest BCUT2D eigenvalue weighted by atomic mass is 79.9. The molecule has 0 aromatic heterocycles. The van der Waals surface area contributed by atoms with Crippen LogP contribution in [0.1, 0.15) is 37.8 Å². The van der Waals surface area contributed by atoms with Crippen LogP contribution in [0.15, 0.2) is 16.6 Å². The third-order valence-corrected chi connectivity index (χ3v) is 4.48. The van der Waals surface area contributed by atoms with Gasteiger partial charge < -0.3 is 19.5 Å². The van der Waals surface area contributed by atoms with Crippen LogP contribution in [0.4, 0.5) is 0 Å². The Kier molecular flexibility index (Phi) is 6.33. The van der Waals surface area contributed by atoms with Crippen LogP contribution in [0.5, 0.6) is 11.5 Å². The summed E-state index contributed by atoms with van der Waals surface area (Å²) in [5, 5.41) is 3.61. The van der Waals surface area contributed by atoms with E-state index in [2.05, 4.69) is 28.2 Å². The zero-order chi connectivity index (χ0) is 15.2. The maximum absolute atomic E-state index is 5.90. The molecule has 118 valence electrons.